The van der Waals surface area contributed by atoms with Crippen LogP contribution in [0, 0.1) is 0 Å². The molecule has 5 heteroatoms. The van der Waals surface area contributed by atoms with Crippen LogP contribution in [-0.2, 0) is 6.54 Å². The summed E-state index contributed by atoms with van der Waals surface area (Å²) in [6.45, 7) is 3.41. The van der Waals surface area contributed by atoms with E-state index in [-0.39, 0.29) is 0 Å². The van der Waals surface area contributed by atoms with Crippen LogP contribution in [0.5, 0.6) is 5.75 Å². The zero-order valence-corrected chi connectivity index (χ0v) is 15.8. The van der Waals surface area contributed by atoms with Gasteiger partial charge in [-0.25, -0.2) is 0 Å². The molecule has 0 bridgehead atoms. The maximum atomic E-state index is 5.55. The van der Waals surface area contributed by atoms with Gasteiger partial charge in [0.1, 0.15) is 5.75 Å². The fourth-order valence-electron chi connectivity index (χ4n) is 3.02. The molecule has 1 saturated heterocycles. The van der Waals surface area contributed by atoms with Gasteiger partial charge in [-0.05, 0) is 66.1 Å². The first-order valence-corrected chi connectivity index (χ1v) is 9.19. The average molecular weight is 428 g/mol. The van der Waals surface area contributed by atoms with E-state index in [1.807, 2.05) is 6.07 Å². The average Bonchev–Trinajstić information content (AvgIpc) is 2.96. The highest BCUT2D eigenvalue weighted by molar-refractivity contribution is 9.11. The van der Waals surface area contributed by atoms with Gasteiger partial charge in [-0.15, -0.1) is 0 Å². The molecule has 1 N–H and O–H groups in total. The minimum absolute atomic E-state index is 0.856. The monoisotopic (exact) mass is 426 g/mol. The van der Waals surface area contributed by atoms with Crippen molar-refractivity contribution in [3.8, 4) is 17.0 Å². The number of rotatable bonds is 4. The number of H-pyrrole nitrogens is 1. The second-order valence-corrected chi connectivity index (χ2v) is 7.47. The van der Waals surface area contributed by atoms with Crippen LogP contribution in [0.15, 0.2) is 33.2 Å². The van der Waals surface area contributed by atoms with E-state index in [0.717, 1.165) is 32.5 Å². The van der Waals surface area contributed by atoms with E-state index < -0.39 is 0 Å². The predicted molar refractivity (Wildman–Crippen MR) is 97.3 cm³/mol. The van der Waals surface area contributed by atoms with E-state index in [0.29, 0.717) is 0 Å². The summed E-state index contributed by atoms with van der Waals surface area (Å²) in [6.07, 6.45) is 4.01. The van der Waals surface area contributed by atoms with Crippen LogP contribution in [0.1, 0.15) is 25.0 Å². The van der Waals surface area contributed by atoms with Gasteiger partial charge in [-0.2, -0.15) is 0 Å². The van der Waals surface area contributed by atoms with Gasteiger partial charge in [-0.1, -0.05) is 22.4 Å². The molecular formula is C17H20Br2N2O. The number of hydrogen-bond donors (Lipinski definition) is 1. The number of benzene rings is 1. The third-order valence-corrected chi connectivity index (χ3v) is 5.14. The lowest BCUT2D eigenvalue weighted by molar-refractivity contribution is 0.219. The molecule has 2 aromatic rings. The van der Waals surface area contributed by atoms with E-state index in [4.69, 9.17) is 4.74 Å². The fourth-order valence-corrected chi connectivity index (χ4v) is 4.40. The Kier molecular flexibility index (Phi) is 5.26. The molecule has 1 fully saturated rings. The van der Waals surface area contributed by atoms with Crippen molar-refractivity contribution in [2.45, 2.75) is 25.8 Å². The molecule has 0 unspecified atom stereocenters. The van der Waals surface area contributed by atoms with Gasteiger partial charge >= 0.3 is 0 Å². The van der Waals surface area contributed by atoms with Crippen molar-refractivity contribution < 1.29 is 4.74 Å². The normalized spacial score (nSPS) is 16.0. The first-order chi connectivity index (χ1) is 10.7. The maximum Gasteiger partial charge on any atom is 0.142 e. The number of ether oxygens (including phenoxy) is 1. The van der Waals surface area contributed by atoms with Crippen molar-refractivity contribution in [3.63, 3.8) is 0 Å². The predicted octanol–water partition coefficient (Wildman–Crippen LogP) is 5.20. The lowest BCUT2D eigenvalue weighted by atomic mass is 10.1. The van der Waals surface area contributed by atoms with Gasteiger partial charge in [-0.3, -0.25) is 4.90 Å². The molecule has 0 atom stereocenters. The summed E-state index contributed by atoms with van der Waals surface area (Å²) in [4.78, 5) is 6.06. The summed E-state index contributed by atoms with van der Waals surface area (Å²) in [7, 11) is 1.70. The molecule has 0 saturated carbocycles. The molecule has 1 aliphatic heterocycles. The first-order valence-electron chi connectivity index (χ1n) is 7.61. The minimum atomic E-state index is 0.856. The van der Waals surface area contributed by atoms with Crippen molar-refractivity contribution in [1.29, 1.82) is 0 Å². The SMILES string of the molecule is COc1c(Br)cc(Br)cc1-c1ccc(CN2CCCCC2)[nH]1. The summed E-state index contributed by atoms with van der Waals surface area (Å²) < 4.78 is 7.53. The van der Waals surface area contributed by atoms with Crippen molar-refractivity contribution in [2.75, 3.05) is 20.2 Å². The summed E-state index contributed by atoms with van der Waals surface area (Å²) >= 11 is 7.12. The number of aromatic amines is 1. The standard InChI is InChI=1S/C17H20Br2N2O/c1-22-17-14(9-12(18)10-15(17)19)16-6-5-13(20-16)11-21-7-3-2-4-8-21/h5-6,9-10,20H,2-4,7-8,11H2,1H3. The van der Waals surface area contributed by atoms with Gasteiger partial charge in [0.15, 0.2) is 0 Å². The van der Waals surface area contributed by atoms with Gasteiger partial charge in [0.05, 0.1) is 11.6 Å². The number of aromatic nitrogens is 1. The zero-order valence-electron chi connectivity index (χ0n) is 12.7. The Morgan fingerprint density at radius 1 is 1.14 bits per heavy atom. The smallest absolute Gasteiger partial charge is 0.142 e. The van der Waals surface area contributed by atoms with E-state index in [9.17, 15) is 0 Å². The van der Waals surface area contributed by atoms with E-state index >= 15 is 0 Å². The van der Waals surface area contributed by atoms with Crippen molar-refractivity contribution in [3.05, 3.63) is 38.9 Å². The minimum Gasteiger partial charge on any atom is -0.495 e. The quantitative estimate of drug-likeness (QED) is 0.725. The number of piperidine rings is 1. The van der Waals surface area contributed by atoms with Gasteiger partial charge in [0.25, 0.3) is 0 Å². The molecule has 3 nitrogen and oxygen atoms in total. The number of hydrogen-bond acceptors (Lipinski definition) is 2. The Hall–Kier alpha value is -0.780. The molecule has 0 amide bonds. The van der Waals surface area contributed by atoms with Gasteiger partial charge in [0.2, 0.25) is 0 Å². The largest absolute Gasteiger partial charge is 0.495 e. The highest BCUT2D eigenvalue weighted by Gasteiger charge is 2.15. The van der Waals surface area contributed by atoms with Crippen LogP contribution in [-0.4, -0.2) is 30.1 Å². The van der Waals surface area contributed by atoms with Crippen LogP contribution < -0.4 is 4.74 Å². The van der Waals surface area contributed by atoms with Crippen LogP contribution >= 0.6 is 31.9 Å². The molecule has 118 valence electrons. The molecule has 3 rings (SSSR count). The molecule has 1 aromatic heterocycles. The molecule has 1 aliphatic rings. The third kappa shape index (κ3) is 3.58. The maximum absolute atomic E-state index is 5.55. The zero-order chi connectivity index (χ0) is 15.5. The lowest BCUT2D eigenvalue weighted by Gasteiger charge is -2.25. The molecule has 1 aromatic carbocycles. The number of likely N-dealkylation sites (tertiary alicyclic amines) is 1. The highest BCUT2D eigenvalue weighted by Crippen LogP contribution is 2.38. The Morgan fingerprint density at radius 2 is 1.91 bits per heavy atom. The second kappa shape index (κ2) is 7.20. The van der Waals surface area contributed by atoms with Crippen molar-refractivity contribution in [2.24, 2.45) is 0 Å². The van der Waals surface area contributed by atoms with Crippen molar-refractivity contribution in [1.82, 2.24) is 9.88 Å². The lowest BCUT2D eigenvalue weighted by Crippen LogP contribution is -2.29. The molecule has 22 heavy (non-hydrogen) atoms. The fraction of sp³-hybridized carbons (Fsp3) is 0.412. The van der Waals surface area contributed by atoms with Crippen LogP contribution in [0.4, 0.5) is 0 Å². The number of nitrogens with one attached hydrogen (secondary N) is 1. The van der Waals surface area contributed by atoms with Gasteiger partial charge in [0, 0.05) is 28.0 Å². The number of nitrogens with zero attached hydrogens (tertiary/aromatic N) is 1. The Bertz CT molecular complexity index is 648. The van der Waals surface area contributed by atoms with E-state index in [1.54, 1.807) is 7.11 Å². The summed E-state index contributed by atoms with van der Waals surface area (Å²) in [5.41, 5.74) is 3.41. The first kappa shape index (κ1) is 16.1. The highest BCUT2D eigenvalue weighted by atomic mass is 79.9. The van der Waals surface area contributed by atoms with Crippen LogP contribution in [0.3, 0.4) is 0 Å². The Labute approximate surface area is 148 Å². The molecule has 0 aliphatic carbocycles. The van der Waals surface area contributed by atoms with Crippen LogP contribution in [0.25, 0.3) is 11.3 Å². The summed E-state index contributed by atoms with van der Waals surface area (Å²) in [5.74, 6) is 0.856. The Morgan fingerprint density at radius 3 is 2.64 bits per heavy atom. The van der Waals surface area contributed by atoms with E-state index in [1.165, 1.54) is 38.0 Å². The second-order valence-electron chi connectivity index (χ2n) is 5.70. The van der Waals surface area contributed by atoms with Gasteiger partial charge < -0.3 is 9.72 Å². The molecule has 0 spiro atoms. The Balaban J connectivity index is 1.84. The van der Waals surface area contributed by atoms with Crippen LogP contribution in [0.2, 0.25) is 0 Å². The van der Waals surface area contributed by atoms with Crippen molar-refractivity contribution >= 4 is 31.9 Å². The topological polar surface area (TPSA) is 28.3 Å². The molecule has 2 heterocycles. The molecule has 0 radical (unpaired) electrons. The van der Waals surface area contributed by atoms with E-state index in [2.05, 4.69) is 59.9 Å². The number of methoxy groups -OCH3 is 1. The summed E-state index contributed by atoms with van der Waals surface area (Å²) in [6, 6.07) is 8.40. The third-order valence-electron chi connectivity index (χ3n) is 4.09. The molecular weight excluding hydrogens is 408 g/mol. The number of halogens is 2. The summed E-state index contributed by atoms with van der Waals surface area (Å²) in [5, 5.41) is 0.